The van der Waals surface area contributed by atoms with Crippen molar-refractivity contribution in [2.24, 2.45) is 0 Å². The molecule has 2 rings (SSSR count). The topological polar surface area (TPSA) is 91.5 Å². The van der Waals surface area contributed by atoms with Crippen LogP contribution in [-0.4, -0.2) is 19.9 Å². The lowest BCUT2D eigenvalue weighted by Gasteiger charge is -1.96. The van der Waals surface area contributed by atoms with E-state index in [1.165, 1.54) is 24.8 Å². The molecule has 0 aromatic carbocycles. The van der Waals surface area contributed by atoms with Gasteiger partial charge in [0.2, 0.25) is 0 Å². The fourth-order valence-electron chi connectivity index (χ4n) is 0.920. The summed E-state index contributed by atoms with van der Waals surface area (Å²) in [5.74, 6) is 0. The van der Waals surface area contributed by atoms with Crippen molar-refractivity contribution in [3.05, 3.63) is 45.5 Å². The molecule has 0 atom stereocenters. The Bertz CT molecular complexity index is 525. The van der Waals surface area contributed by atoms with Crippen LogP contribution in [0.15, 0.2) is 44.4 Å². The minimum atomic E-state index is -0.239. The van der Waals surface area contributed by atoms with Crippen LogP contribution in [0.1, 0.15) is 0 Å². The maximum atomic E-state index is 11.0. The van der Waals surface area contributed by atoms with Crippen molar-refractivity contribution < 1.29 is 0 Å². The minimum absolute atomic E-state index is 0.239. The lowest BCUT2D eigenvalue weighted by Crippen LogP contribution is -2.06. The standard InChI is InChI=1S/C8H6N4O2S/c13-5-1-7(11-3-9-5)15-8-2-6(14)10-4-12-8/h1-4H,(H,9,11,13)(H,10,12,14). The second kappa shape index (κ2) is 4.09. The Balaban J connectivity index is 2.29. The summed E-state index contributed by atoms with van der Waals surface area (Å²) in [6, 6.07) is 2.68. The summed E-state index contributed by atoms with van der Waals surface area (Å²) in [4.78, 5) is 34.5. The van der Waals surface area contributed by atoms with Crippen molar-refractivity contribution in [3.8, 4) is 0 Å². The molecule has 0 spiro atoms. The van der Waals surface area contributed by atoms with Gasteiger partial charge in [-0.25, -0.2) is 9.97 Å². The Morgan fingerprint density at radius 3 is 1.80 bits per heavy atom. The number of rotatable bonds is 2. The quantitative estimate of drug-likeness (QED) is 0.698. The third-order valence-corrected chi connectivity index (χ3v) is 2.38. The molecular weight excluding hydrogens is 216 g/mol. The molecule has 0 aliphatic carbocycles. The summed E-state index contributed by atoms with van der Waals surface area (Å²) in [6.45, 7) is 0. The first-order chi connectivity index (χ1) is 7.24. The molecule has 0 saturated carbocycles. The van der Waals surface area contributed by atoms with Crippen molar-refractivity contribution >= 4 is 11.8 Å². The zero-order valence-corrected chi connectivity index (χ0v) is 8.25. The maximum Gasteiger partial charge on any atom is 0.251 e. The van der Waals surface area contributed by atoms with E-state index in [-0.39, 0.29) is 11.1 Å². The van der Waals surface area contributed by atoms with Gasteiger partial charge in [-0.3, -0.25) is 9.59 Å². The summed E-state index contributed by atoms with van der Waals surface area (Å²) in [5.41, 5.74) is -0.477. The average Bonchev–Trinajstić information content (AvgIpc) is 2.17. The van der Waals surface area contributed by atoms with Crippen molar-refractivity contribution in [3.63, 3.8) is 0 Å². The summed E-state index contributed by atoms with van der Waals surface area (Å²) >= 11 is 1.15. The summed E-state index contributed by atoms with van der Waals surface area (Å²) in [5, 5.41) is 0.994. The highest BCUT2D eigenvalue weighted by molar-refractivity contribution is 7.99. The fourth-order valence-corrected chi connectivity index (χ4v) is 1.68. The molecule has 15 heavy (non-hydrogen) atoms. The SMILES string of the molecule is O=c1cc(Sc2cc(=O)[nH]cn2)nc[nH]1. The van der Waals surface area contributed by atoms with Crippen molar-refractivity contribution in [1.82, 2.24) is 19.9 Å². The van der Waals surface area contributed by atoms with Gasteiger partial charge in [-0.1, -0.05) is 0 Å². The maximum absolute atomic E-state index is 11.0. The first-order valence-corrected chi connectivity index (χ1v) is 4.83. The van der Waals surface area contributed by atoms with E-state index in [9.17, 15) is 9.59 Å². The lowest BCUT2D eigenvalue weighted by atomic mass is 10.7. The highest BCUT2D eigenvalue weighted by atomic mass is 32.2. The summed E-state index contributed by atoms with van der Waals surface area (Å²) in [7, 11) is 0. The normalized spacial score (nSPS) is 10.1. The molecule has 0 radical (unpaired) electrons. The summed E-state index contributed by atoms with van der Waals surface area (Å²) in [6.07, 6.45) is 2.61. The number of hydrogen-bond donors (Lipinski definition) is 2. The Morgan fingerprint density at radius 1 is 0.933 bits per heavy atom. The highest BCUT2D eigenvalue weighted by Gasteiger charge is 2.00. The van der Waals surface area contributed by atoms with E-state index >= 15 is 0 Å². The Morgan fingerprint density at radius 2 is 1.40 bits per heavy atom. The van der Waals surface area contributed by atoms with Crippen LogP contribution in [0.2, 0.25) is 0 Å². The van der Waals surface area contributed by atoms with Gasteiger partial charge >= 0.3 is 0 Å². The molecule has 0 unspecified atom stereocenters. The molecule has 6 nitrogen and oxygen atoms in total. The number of aromatic nitrogens is 4. The van der Waals surface area contributed by atoms with Crippen molar-refractivity contribution in [2.45, 2.75) is 10.1 Å². The molecule has 2 N–H and O–H groups in total. The van der Waals surface area contributed by atoms with Crippen LogP contribution in [0.3, 0.4) is 0 Å². The molecule has 0 aliphatic rings. The first-order valence-electron chi connectivity index (χ1n) is 4.01. The van der Waals surface area contributed by atoms with Gasteiger partial charge in [0.15, 0.2) is 0 Å². The van der Waals surface area contributed by atoms with E-state index in [1.807, 2.05) is 0 Å². The number of nitrogens with zero attached hydrogens (tertiary/aromatic N) is 2. The molecule has 0 amide bonds. The molecule has 0 aliphatic heterocycles. The van der Waals surface area contributed by atoms with Crippen LogP contribution in [0, 0.1) is 0 Å². The van der Waals surface area contributed by atoms with Crippen molar-refractivity contribution in [1.29, 1.82) is 0 Å². The van der Waals surface area contributed by atoms with E-state index in [0.29, 0.717) is 10.1 Å². The van der Waals surface area contributed by atoms with Crippen LogP contribution in [0.5, 0.6) is 0 Å². The molecule has 2 aromatic heterocycles. The summed E-state index contributed by atoms with van der Waals surface area (Å²) < 4.78 is 0. The molecule has 2 heterocycles. The Kier molecular flexibility index (Phi) is 2.64. The van der Waals surface area contributed by atoms with E-state index in [2.05, 4.69) is 19.9 Å². The smallest absolute Gasteiger partial charge is 0.251 e. The van der Waals surface area contributed by atoms with Crippen LogP contribution in [0.4, 0.5) is 0 Å². The molecule has 2 aromatic rings. The lowest BCUT2D eigenvalue weighted by molar-refractivity contribution is 0.987. The highest BCUT2D eigenvalue weighted by Crippen LogP contribution is 2.20. The van der Waals surface area contributed by atoms with Gasteiger partial charge in [0.25, 0.3) is 11.1 Å². The number of hydrogen-bond acceptors (Lipinski definition) is 5. The zero-order valence-electron chi connectivity index (χ0n) is 7.43. The van der Waals surface area contributed by atoms with Crippen LogP contribution in [0.25, 0.3) is 0 Å². The molecule has 0 bridgehead atoms. The van der Waals surface area contributed by atoms with E-state index in [0.717, 1.165) is 11.8 Å². The Labute approximate surface area is 87.8 Å². The minimum Gasteiger partial charge on any atom is -0.313 e. The van der Waals surface area contributed by atoms with Crippen LogP contribution in [-0.2, 0) is 0 Å². The zero-order chi connectivity index (χ0) is 10.7. The number of H-pyrrole nitrogens is 2. The monoisotopic (exact) mass is 222 g/mol. The molecule has 0 fully saturated rings. The van der Waals surface area contributed by atoms with Gasteiger partial charge in [-0.2, -0.15) is 0 Å². The second-order valence-corrected chi connectivity index (χ2v) is 3.64. The molecular formula is C8H6N4O2S. The van der Waals surface area contributed by atoms with E-state index in [4.69, 9.17) is 0 Å². The second-order valence-electron chi connectivity index (χ2n) is 2.60. The first kappa shape index (κ1) is 9.66. The van der Waals surface area contributed by atoms with Gasteiger partial charge in [-0.05, 0) is 11.8 Å². The van der Waals surface area contributed by atoms with Crippen molar-refractivity contribution in [2.75, 3.05) is 0 Å². The van der Waals surface area contributed by atoms with Gasteiger partial charge < -0.3 is 9.97 Å². The predicted octanol–water partition coefficient (Wildman–Crippen LogP) is 0.00440. The van der Waals surface area contributed by atoms with E-state index < -0.39 is 0 Å². The number of aromatic amines is 2. The third kappa shape index (κ3) is 2.53. The van der Waals surface area contributed by atoms with Crippen LogP contribution >= 0.6 is 11.8 Å². The molecule has 76 valence electrons. The van der Waals surface area contributed by atoms with Gasteiger partial charge in [0.1, 0.15) is 10.1 Å². The average molecular weight is 222 g/mol. The van der Waals surface area contributed by atoms with Gasteiger partial charge in [0, 0.05) is 12.1 Å². The van der Waals surface area contributed by atoms with Gasteiger partial charge in [0.05, 0.1) is 12.7 Å². The predicted molar refractivity (Wildman–Crippen MR) is 53.8 cm³/mol. The van der Waals surface area contributed by atoms with Crippen LogP contribution < -0.4 is 11.1 Å². The largest absolute Gasteiger partial charge is 0.313 e. The Hall–Kier alpha value is -1.89. The third-order valence-electron chi connectivity index (χ3n) is 1.52. The number of nitrogens with one attached hydrogen (secondary N) is 2. The van der Waals surface area contributed by atoms with Gasteiger partial charge in [-0.15, -0.1) is 0 Å². The fraction of sp³-hybridized carbons (Fsp3) is 0. The molecule has 0 saturated heterocycles. The molecule has 7 heteroatoms. The van der Waals surface area contributed by atoms with E-state index in [1.54, 1.807) is 0 Å².